The summed E-state index contributed by atoms with van der Waals surface area (Å²) in [6.45, 7) is 0.461. The van der Waals surface area contributed by atoms with Gasteiger partial charge in [0.1, 0.15) is 5.50 Å². The van der Waals surface area contributed by atoms with Gasteiger partial charge in [0.05, 0.1) is 17.6 Å². The van der Waals surface area contributed by atoms with Crippen molar-refractivity contribution >= 4 is 28.5 Å². The fourth-order valence-corrected chi connectivity index (χ4v) is 3.59. The summed E-state index contributed by atoms with van der Waals surface area (Å²) in [7, 11) is 0. The van der Waals surface area contributed by atoms with E-state index in [0.717, 1.165) is 17.7 Å². The molecule has 1 unspecified atom stereocenters. The van der Waals surface area contributed by atoms with Crippen molar-refractivity contribution in [1.29, 1.82) is 0 Å². The summed E-state index contributed by atoms with van der Waals surface area (Å²) in [5.41, 5.74) is 6.58. The molecular formula is C18H15F3N4S. The van der Waals surface area contributed by atoms with Crippen LogP contribution >= 0.6 is 11.8 Å². The Morgan fingerprint density at radius 1 is 1.12 bits per heavy atom. The predicted octanol–water partition coefficient (Wildman–Crippen LogP) is 4.37. The van der Waals surface area contributed by atoms with Gasteiger partial charge in [0, 0.05) is 11.6 Å². The minimum absolute atomic E-state index is 0.409. The van der Waals surface area contributed by atoms with Crippen molar-refractivity contribution in [1.82, 2.24) is 9.78 Å². The highest BCUT2D eigenvalue weighted by Crippen LogP contribution is 2.37. The lowest BCUT2D eigenvalue weighted by atomic mass is 10.1. The minimum Gasteiger partial charge on any atom is -0.305 e. The molecule has 3 aromatic rings. The molecule has 1 aliphatic heterocycles. The Morgan fingerprint density at radius 3 is 2.54 bits per heavy atom. The zero-order valence-corrected chi connectivity index (χ0v) is 14.3. The summed E-state index contributed by atoms with van der Waals surface area (Å²) < 4.78 is 41.2. The van der Waals surface area contributed by atoms with E-state index in [1.54, 1.807) is 21.2 Å². The van der Waals surface area contributed by atoms with Gasteiger partial charge in [-0.15, -0.1) is 0 Å². The van der Waals surface area contributed by atoms with Crippen LogP contribution in [0.5, 0.6) is 0 Å². The van der Waals surface area contributed by atoms with E-state index >= 15 is 0 Å². The van der Waals surface area contributed by atoms with E-state index in [9.17, 15) is 13.2 Å². The van der Waals surface area contributed by atoms with Crippen LogP contribution in [0.15, 0.2) is 60.1 Å². The summed E-state index contributed by atoms with van der Waals surface area (Å²) in [5.74, 6) is 0.427. The monoisotopic (exact) mass is 376 g/mol. The van der Waals surface area contributed by atoms with Crippen molar-refractivity contribution in [2.75, 3.05) is 4.90 Å². The molecule has 0 saturated carbocycles. The Labute approximate surface area is 152 Å². The lowest BCUT2D eigenvalue weighted by molar-refractivity contribution is -0.137. The highest BCUT2D eigenvalue weighted by molar-refractivity contribution is 8.03. The van der Waals surface area contributed by atoms with Crippen molar-refractivity contribution in [2.45, 2.75) is 18.2 Å². The molecule has 26 heavy (non-hydrogen) atoms. The van der Waals surface area contributed by atoms with Crippen LogP contribution < -0.4 is 10.6 Å². The lowest BCUT2D eigenvalue weighted by Crippen LogP contribution is -2.32. The van der Waals surface area contributed by atoms with Crippen LogP contribution in [-0.4, -0.2) is 15.3 Å². The van der Waals surface area contributed by atoms with E-state index in [1.165, 1.54) is 17.8 Å². The standard InChI is InChI=1S/C18H15F3N4S/c19-18(20,21)13-6-7-15-14(10-13)16(24-8-9-26-17(24)22)23-25(15)11-12-4-2-1-3-5-12/h1-10,17H,11,22H2. The molecule has 1 aromatic heterocycles. The number of halogens is 3. The summed E-state index contributed by atoms with van der Waals surface area (Å²) in [6, 6.07) is 13.3. The summed E-state index contributed by atoms with van der Waals surface area (Å²) >= 11 is 1.38. The highest BCUT2D eigenvalue weighted by atomic mass is 32.2. The molecule has 0 radical (unpaired) electrons. The third-order valence-corrected chi connectivity index (χ3v) is 4.98. The van der Waals surface area contributed by atoms with E-state index in [-0.39, 0.29) is 0 Å². The number of aromatic nitrogens is 2. The largest absolute Gasteiger partial charge is 0.416 e. The van der Waals surface area contributed by atoms with Crippen LogP contribution in [0.4, 0.5) is 19.0 Å². The van der Waals surface area contributed by atoms with Crippen LogP contribution in [-0.2, 0) is 12.7 Å². The van der Waals surface area contributed by atoms with Gasteiger partial charge in [0.15, 0.2) is 5.82 Å². The molecule has 4 nitrogen and oxygen atoms in total. The number of hydrogen-bond acceptors (Lipinski definition) is 4. The van der Waals surface area contributed by atoms with Crippen molar-refractivity contribution < 1.29 is 13.2 Å². The van der Waals surface area contributed by atoms with Crippen LogP contribution in [0.2, 0.25) is 0 Å². The molecule has 0 amide bonds. The van der Waals surface area contributed by atoms with Crippen LogP contribution in [0.3, 0.4) is 0 Å². The molecule has 0 bridgehead atoms. The average molecular weight is 376 g/mol. The first-order valence-corrected chi connectivity index (χ1v) is 8.85. The SMILES string of the molecule is NC1SC=CN1c1nn(Cc2ccccc2)c2ccc(C(F)(F)F)cc12. The van der Waals surface area contributed by atoms with Crippen LogP contribution in [0.25, 0.3) is 10.9 Å². The van der Waals surface area contributed by atoms with Crippen molar-refractivity contribution in [2.24, 2.45) is 5.73 Å². The quantitative estimate of drug-likeness (QED) is 0.737. The molecule has 0 aliphatic carbocycles. The summed E-state index contributed by atoms with van der Waals surface area (Å²) in [5, 5.41) is 6.81. The molecule has 2 N–H and O–H groups in total. The van der Waals surface area contributed by atoms with E-state index in [1.807, 2.05) is 30.3 Å². The maximum atomic E-state index is 13.2. The van der Waals surface area contributed by atoms with E-state index < -0.39 is 17.2 Å². The van der Waals surface area contributed by atoms with Crippen molar-refractivity contribution in [3.63, 3.8) is 0 Å². The average Bonchev–Trinajstić information content (AvgIpc) is 3.18. The molecule has 0 fully saturated rings. The van der Waals surface area contributed by atoms with Gasteiger partial charge in [-0.25, -0.2) is 0 Å². The predicted molar refractivity (Wildman–Crippen MR) is 97.5 cm³/mol. The van der Waals surface area contributed by atoms with Crippen molar-refractivity contribution in [3.8, 4) is 0 Å². The third kappa shape index (κ3) is 3.06. The molecule has 134 valence electrons. The van der Waals surface area contributed by atoms with E-state index in [4.69, 9.17) is 5.73 Å². The van der Waals surface area contributed by atoms with Gasteiger partial charge >= 0.3 is 6.18 Å². The molecule has 2 aromatic carbocycles. The number of nitrogens with zero attached hydrogens (tertiary/aromatic N) is 3. The number of nitrogens with two attached hydrogens (primary N) is 1. The second-order valence-corrected chi connectivity index (χ2v) is 6.94. The maximum Gasteiger partial charge on any atom is 0.416 e. The molecule has 0 spiro atoms. The summed E-state index contributed by atoms with van der Waals surface area (Å²) in [4.78, 5) is 1.69. The second kappa shape index (κ2) is 6.37. The first-order valence-electron chi connectivity index (χ1n) is 7.91. The summed E-state index contributed by atoms with van der Waals surface area (Å²) in [6.07, 6.45) is -2.67. The normalized spacial score (nSPS) is 17.4. The molecule has 1 atom stereocenters. The Balaban J connectivity index is 1.86. The first kappa shape index (κ1) is 17.0. The van der Waals surface area contributed by atoms with E-state index in [0.29, 0.717) is 23.3 Å². The third-order valence-electron chi connectivity index (χ3n) is 4.19. The van der Waals surface area contributed by atoms with E-state index in [2.05, 4.69) is 5.10 Å². The second-order valence-electron chi connectivity index (χ2n) is 5.92. The minimum atomic E-state index is -4.41. The Morgan fingerprint density at radius 2 is 1.88 bits per heavy atom. The molecular weight excluding hydrogens is 361 g/mol. The van der Waals surface area contributed by atoms with Gasteiger partial charge in [0.2, 0.25) is 0 Å². The Hall–Kier alpha value is -2.45. The van der Waals surface area contributed by atoms with Crippen molar-refractivity contribution in [3.05, 3.63) is 71.3 Å². The van der Waals surface area contributed by atoms with Gasteiger partial charge in [-0.1, -0.05) is 42.1 Å². The van der Waals surface area contributed by atoms with Gasteiger partial charge in [-0.3, -0.25) is 4.68 Å². The van der Waals surface area contributed by atoms with Crippen LogP contribution in [0.1, 0.15) is 11.1 Å². The number of anilines is 1. The number of rotatable bonds is 3. The topological polar surface area (TPSA) is 47.1 Å². The molecule has 0 saturated heterocycles. The number of benzene rings is 2. The molecule has 2 heterocycles. The van der Waals surface area contributed by atoms with Gasteiger partial charge < -0.3 is 10.6 Å². The highest BCUT2D eigenvalue weighted by Gasteiger charge is 2.32. The maximum absolute atomic E-state index is 13.2. The lowest BCUT2D eigenvalue weighted by Gasteiger charge is -2.18. The van der Waals surface area contributed by atoms with Gasteiger partial charge in [-0.05, 0) is 29.2 Å². The number of thioether (sulfide) groups is 1. The first-order chi connectivity index (χ1) is 12.4. The number of alkyl halides is 3. The fourth-order valence-electron chi connectivity index (χ4n) is 2.93. The molecule has 4 rings (SSSR count). The molecule has 8 heteroatoms. The van der Waals surface area contributed by atoms with Gasteiger partial charge in [0.25, 0.3) is 0 Å². The molecule has 1 aliphatic rings. The Kier molecular flexibility index (Phi) is 4.16. The smallest absolute Gasteiger partial charge is 0.305 e. The number of hydrogen-bond donors (Lipinski definition) is 1. The fraction of sp³-hybridized carbons (Fsp3) is 0.167. The zero-order valence-electron chi connectivity index (χ0n) is 13.5. The van der Waals surface area contributed by atoms with Gasteiger partial charge in [-0.2, -0.15) is 18.3 Å². The zero-order chi connectivity index (χ0) is 18.3. The number of fused-ring (bicyclic) bond motifs is 1. The van der Waals surface area contributed by atoms with Crippen LogP contribution in [0, 0.1) is 0 Å². The Bertz CT molecular complexity index is 966.